The molecule has 1 atom stereocenters. The third kappa shape index (κ3) is 6.71. The van der Waals surface area contributed by atoms with Crippen molar-refractivity contribution in [3.63, 3.8) is 0 Å². The van der Waals surface area contributed by atoms with E-state index in [9.17, 15) is 4.79 Å². The van der Waals surface area contributed by atoms with Crippen LogP contribution in [0.4, 0.5) is 0 Å². The Morgan fingerprint density at radius 2 is 1.95 bits per heavy atom. The molecule has 1 aromatic carbocycles. The zero-order valence-corrected chi connectivity index (χ0v) is 13.0. The molecule has 2 N–H and O–H groups in total. The Morgan fingerprint density at radius 3 is 2.57 bits per heavy atom. The predicted octanol–water partition coefficient (Wildman–Crippen LogP) is 1.42. The minimum absolute atomic E-state index is 0.0308. The van der Waals surface area contributed by atoms with Crippen LogP contribution in [-0.2, 0) is 20.8 Å². The standard InChI is InChI=1S/C16H26N2O3/c1-3-15(17)16(19)18(9-10-21-12-11-20-2)13-14-7-5-4-6-8-14/h4-8,15H,3,9-13,17H2,1-2H3/t15-/m0/s1. The predicted molar refractivity (Wildman–Crippen MR) is 82.8 cm³/mol. The number of nitrogens with two attached hydrogens (primary N) is 1. The molecule has 0 spiro atoms. The van der Waals surface area contributed by atoms with Crippen LogP contribution in [0, 0.1) is 0 Å². The molecule has 0 radical (unpaired) electrons. The smallest absolute Gasteiger partial charge is 0.239 e. The molecule has 1 aromatic rings. The lowest BCUT2D eigenvalue weighted by molar-refractivity contribution is -0.134. The van der Waals surface area contributed by atoms with Crippen molar-refractivity contribution >= 4 is 5.91 Å². The van der Waals surface area contributed by atoms with Gasteiger partial charge in [-0.1, -0.05) is 37.3 Å². The average molecular weight is 294 g/mol. The van der Waals surface area contributed by atoms with E-state index in [4.69, 9.17) is 15.2 Å². The van der Waals surface area contributed by atoms with Crippen LogP contribution in [0.25, 0.3) is 0 Å². The van der Waals surface area contributed by atoms with E-state index in [0.717, 1.165) is 5.56 Å². The number of carbonyl (C=O) groups excluding carboxylic acids is 1. The molecule has 118 valence electrons. The summed E-state index contributed by atoms with van der Waals surface area (Å²) in [5, 5.41) is 0. The largest absolute Gasteiger partial charge is 0.382 e. The Morgan fingerprint density at radius 1 is 1.24 bits per heavy atom. The van der Waals surface area contributed by atoms with Gasteiger partial charge in [0, 0.05) is 20.2 Å². The van der Waals surface area contributed by atoms with Crippen LogP contribution in [0.1, 0.15) is 18.9 Å². The number of amides is 1. The van der Waals surface area contributed by atoms with Crippen molar-refractivity contribution in [1.82, 2.24) is 4.90 Å². The molecule has 0 saturated carbocycles. The molecule has 21 heavy (non-hydrogen) atoms. The summed E-state index contributed by atoms with van der Waals surface area (Å²) < 4.78 is 10.4. The Balaban J connectivity index is 2.55. The highest BCUT2D eigenvalue weighted by Gasteiger charge is 2.19. The monoisotopic (exact) mass is 294 g/mol. The van der Waals surface area contributed by atoms with Gasteiger partial charge in [0.05, 0.1) is 25.9 Å². The van der Waals surface area contributed by atoms with Gasteiger partial charge in [0.1, 0.15) is 0 Å². The lowest BCUT2D eigenvalue weighted by Gasteiger charge is -2.25. The first kappa shape index (κ1) is 17.6. The molecule has 1 amide bonds. The fraction of sp³-hybridized carbons (Fsp3) is 0.562. The minimum atomic E-state index is -0.451. The van der Waals surface area contributed by atoms with E-state index in [1.54, 1.807) is 12.0 Å². The molecule has 0 saturated heterocycles. The van der Waals surface area contributed by atoms with Gasteiger partial charge < -0.3 is 20.1 Å². The zero-order valence-electron chi connectivity index (χ0n) is 13.0. The maximum atomic E-state index is 12.3. The quantitative estimate of drug-likeness (QED) is 0.663. The van der Waals surface area contributed by atoms with E-state index >= 15 is 0 Å². The third-order valence-electron chi connectivity index (χ3n) is 3.22. The molecule has 0 aliphatic carbocycles. The van der Waals surface area contributed by atoms with Crippen LogP contribution in [0.2, 0.25) is 0 Å². The van der Waals surface area contributed by atoms with Crippen LogP contribution in [0.3, 0.4) is 0 Å². The van der Waals surface area contributed by atoms with Crippen molar-refractivity contribution in [2.24, 2.45) is 5.73 Å². The van der Waals surface area contributed by atoms with Crippen molar-refractivity contribution < 1.29 is 14.3 Å². The van der Waals surface area contributed by atoms with E-state index in [0.29, 0.717) is 39.3 Å². The maximum absolute atomic E-state index is 12.3. The summed E-state index contributed by atoms with van der Waals surface area (Å²) >= 11 is 0. The number of nitrogens with zero attached hydrogens (tertiary/aromatic N) is 1. The van der Waals surface area contributed by atoms with Crippen LogP contribution >= 0.6 is 0 Å². The number of rotatable bonds is 10. The number of benzene rings is 1. The molecule has 0 bridgehead atoms. The van der Waals surface area contributed by atoms with Gasteiger partial charge in [-0.15, -0.1) is 0 Å². The minimum Gasteiger partial charge on any atom is -0.382 e. The van der Waals surface area contributed by atoms with Gasteiger partial charge in [-0.25, -0.2) is 0 Å². The summed E-state index contributed by atoms with van der Waals surface area (Å²) in [6.45, 7) is 4.58. The Hall–Kier alpha value is -1.43. The highest BCUT2D eigenvalue weighted by atomic mass is 16.5. The Kier molecular flexibility index (Phi) is 8.66. The molecular formula is C16H26N2O3. The average Bonchev–Trinajstić information content (AvgIpc) is 2.53. The van der Waals surface area contributed by atoms with Gasteiger partial charge in [0.15, 0.2) is 0 Å². The first-order chi connectivity index (χ1) is 10.2. The van der Waals surface area contributed by atoms with Crippen molar-refractivity contribution in [3.8, 4) is 0 Å². The van der Waals surface area contributed by atoms with Crippen molar-refractivity contribution in [3.05, 3.63) is 35.9 Å². The topological polar surface area (TPSA) is 64.8 Å². The Labute approximate surface area is 127 Å². The molecule has 0 fully saturated rings. The van der Waals surface area contributed by atoms with E-state index in [-0.39, 0.29) is 5.91 Å². The lowest BCUT2D eigenvalue weighted by Crippen LogP contribution is -2.44. The number of ether oxygens (including phenoxy) is 2. The number of methoxy groups -OCH3 is 1. The second kappa shape index (κ2) is 10.3. The first-order valence-corrected chi connectivity index (χ1v) is 7.34. The third-order valence-corrected chi connectivity index (χ3v) is 3.22. The molecule has 0 heterocycles. The molecule has 1 rings (SSSR count). The van der Waals surface area contributed by atoms with Gasteiger partial charge in [-0.3, -0.25) is 4.79 Å². The summed E-state index contributed by atoms with van der Waals surface area (Å²) in [7, 11) is 1.63. The van der Waals surface area contributed by atoms with Gasteiger partial charge >= 0.3 is 0 Å². The van der Waals surface area contributed by atoms with Gasteiger partial charge in [0.25, 0.3) is 0 Å². The van der Waals surface area contributed by atoms with Crippen molar-refractivity contribution in [1.29, 1.82) is 0 Å². The molecular weight excluding hydrogens is 268 g/mol. The molecule has 0 aromatic heterocycles. The summed E-state index contributed by atoms with van der Waals surface area (Å²) in [5.41, 5.74) is 6.96. The molecule has 0 unspecified atom stereocenters. The first-order valence-electron chi connectivity index (χ1n) is 7.34. The van der Waals surface area contributed by atoms with Gasteiger partial charge in [-0.05, 0) is 12.0 Å². The second-order valence-electron chi connectivity index (χ2n) is 4.87. The highest BCUT2D eigenvalue weighted by molar-refractivity contribution is 5.81. The fourth-order valence-electron chi connectivity index (χ4n) is 1.90. The summed E-state index contributed by atoms with van der Waals surface area (Å²) in [5.74, 6) is -0.0308. The number of hydrogen-bond donors (Lipinski definition) is 1. The number of hydrogen-bond acceptors (Lipinski definition) is 4. The molecule has 0 aliphatic heterocycles. The summed E-state index contributed by atoms with van der Waals surface area (Å²) in [4.78, 5) is 14.1. The van der Waals surface area contributed by atoms with Crippen LogP contribution in [0.5, 0.6) is 0 Å². The maximum Gasteiger partial charge on any atom is 0.239 e. The normalized spacial score (nSPS) is 12.1. The van der Waals surface area contributed by atoms with Crippen LogP contribution in [0.15, 0.2) is 30.3 Å². The SMILES string of the molecule is CC[C@H](N)C(=O)N(CCOCCOC)Cc1ccccc1. The number of carbonyl (C=O) groups is 1. The van der Waals surface area contributed by atoms with E-state index in [1.165, 1.54) is 0 Å². The van der Waals surface area contributed by atoms with E-state index in [1.807, 2.05) is 37.3 Å². The van der Waals surface area contributed by atoms with E-state index in [2.05, 4.69) is 0 Å². The van der Waals surface area contributed by atoms with Gasteiger partial charge in [0.2, 0.25) is 5.91 Å². The van der Waals surface area contributed by atoms with E-state index < -0.39 is 6.04 Å². The molecule has 5 nitrogen and oxygen atoms in total. The van der Waals surface area contributed by atoms with Crippen LogP contribution < -0.4 is 5.73 Å². The Bertz CT molecular complexity index is 398. The lowest BCUT2D eigenvalue weighted by atomic mass is 10.1. The fourth-order valence-corrected chi connectivity index (χ4v) is 1.90. The van der Waals surface area contributed by atoms with Crippen LogP contribution in [-0.4, -0.2) is 50.3 Å². The zero-order chi connectivity index (χ0) is 15.5. The van der Waals surface area contributed by atoms with Crippen molar-refractivity contribution in [2.45, 2.75) is 25.9 Å². The summed E-state index contributed by atoms with van der Waals surface area (Å²) in [6.07, 6.45) is 0.634. The second-order valence-corrected chi connectivity index (χ2v) is 4.87. The highest BCUT2D eigenvalue weighted by Crippen LogP contribution is 2.07. The van der Waals surface area contributed by atoms with Crippen molar-refractivity contribution in [2.75, 3.05) is 33.5 Å². The molecule has 0 aliphatic rings. The summed E-state index contributed by atoms with van der Waals surface area (Å²) in [6, 6.07) is 9.45. The van der Waals surface area contributed by atoms with Gasteiger partial charge in [-0.2, -0.15) is 0 Å². The molecule has 5 heteroatoms.